The van der Waals surface area contributed by atoms with E-state index in [0.29, 0.717) is 5.56 Å². The summed E-state index contributed by atoms with van der Waals surface area (Å²) < 4.78 is 33.5. The molecule has 182 valence electrons. The van der Waals surface area contributed by atoms with Crippen molar-refractivity contribution in [3.63, 3.8) is 0 Å². The maximum absolute atomic E-state index is 14.5. The summed E-state index contributed by atoms with van der Waals surface area (Å²) in [5.74, 6) is -3.30. The van der Waals surface area contributed by atoms with Crippen molar-refractivity contribution in [2.24, 2.45) is 0 Å². The molecule has 9 nitrogen and oxygen atoms in total. The van der Waals surface area contributed by atoms with Crippen LogP contribution in [0.5, 0.6) is 0 Å². The fourth-order valence-corrected chi connectivity index (χ4v) is 4.15. The molecule has 1 saturated heterocycles. The fraction of sp³-hybridized carbons (Fsp3) is 0.250. The number of nitrogens with one attached hydrogen (secondary N) is 3. The van der Waals surface area contributed by atoms with Crippen LogP contribution in [0.1, 0.15) is 31.0 Å². The molecule has 2 unspecified atom stereocenters. The van der Waals surface area contributed by atoms with Gasteiger partial charge in [0.25, 0.3) is 5.91 Å². The van der Waals surface area contributed by atoms with Crippen molar-refractivity contribution < 1.29 is 32.7 Å². The van der Waals surface area contributed by atoms with Gasteiger partial charge in [-0.25, -0.2) is 23.2 Å². The normalized spacial score (nSPS) is 22.0. The maximum Gasteiger partial charge on any atom is 0.338 e. The number of urea groups is 2. The van der Waals surface area contributed by atoms with Crippen molar-refractivity contribution in [2.45, 2.75) is 25.4 Å². The van der Waals surface area contributed by atoms with Crippen molar-refractivity contribution in [3.05, 3.63) is 82.6 Å². The number of carbonyl (C=O) groups is 4. The third-order valence-electron chi connectivity index (χ3n) is 5.84. The van der Waals surface area contributed by atoms with Crippen LogP contribution in [-0.2, 0) is 19.9 Å². The number of imide groups is 1. The average molecular weight is 484 g/mol. The molecule has 2 aromatic carbocycles. The SMILES string of the molecule is CCOC(=O)C1=C(CN2C(=O)NC(C)(c3cc(F)ccc3F)C2=O)NC(=O)NC1c1ccccc1. The largest absolute Gasteiger partial charge is 0.463 e. The molecule has 2 aromatic rings. The van der Waals surface area contributed by atoms with E-state index in [1.54, 1.807) is 37.3 Å². The smallest absolute Gasteiger partial charge is 0.338 e. The molecule has 2 aliphatic heterocycles. The number of halogens is 2. The summed E-state index contributed by atoms with van der Waals surface area (Å²) in [5, 5.41) is 7.52. The van der Waals surface area contributed by atoms with Crippen LogP contribution in [0.15, 0.2) is 59.8 Å². The Bertz CT molecular complexity index is 1250. The second-order valence-electron chi connectivity index (χ2n) is 8.13. The van der Waals surface area contributed by atoms with Gasteiger partial charge < -0.3 is 20.7 Å². The van der Waals surface area contributed by atoms with Crippen LogP contribution in [0.25, 0.3) is 0 Å². The van der Waals surface area contributed by atoms with E-state index in [0.717, 1.165) is 23.1 Å². The highest BCUT2D eigenvalue weighted by atomic mass is 19.1. The Balaban J connectivity index is 1.75. The Labute approximate surface area is 199 Å². The number of esters is 1. The molecular weight excluding hydrogens is 462 g/mol. The minimum absolute atomic E-state index is 0.00351. The average Bonchev–Trinajstić information content (AvgIpc) is 3.04. The molecule has 1 fully saturated rings. The standard InChI is InChI=1S/C24H22F2N4O5/c1-3-35-20(31)18-17(27-22(33)28-19(18)13-7-5-4-6-8-13)12-30-21(32)24(2,29-23(30)34)15-11-14(25)9-10-16(15)26/h4-11,19H,3,12H2,1-2H3,(H,29,34)(H2,27,28,33). The molecule has 5 amide bonds. The molecule has 3 N–H and O–H groups in total. The third kappa shape index (κ3) is 4.32. The Hall–Kier alpha value is -4.28. The number of nitrogens with zero attached hydrogens (tertiary/aromatic N) is 1. The van der Waals surface area contributed by atoms with Gasteiger partial charge in [-0.2, -0.15) is 0 Å². The molecule has 2 atom stereocenters. The molecule has 11 heteroatoms. The predicted octanol–water partition coefficient (Wildman–Crippen LogP) is 2.60. The van der Waals surface area contributed by atoms with E-state index in [2.05, 4.69) is 16.0 Å². The topological polar surface area (TPSA) is 117 Å². The molecule has 0 radical (unpaired) electrons. The first-order valence-electron chi connectivity index (χ1n) is 10.8. The number of hydrogen-bond acceptors (Lipinski definition) is 5. The van der Waals surface area contributed by atoms with Crippen molar-refractivity contribution in [3.8, 4) is 0 Å². The maximum atomic E-state index is 14.5. The van der Waals surface area contributed by atoms with Gasteiger partial charge in [0.15, 0.2) is 0 Å². The second kappa shape index (κ2) is 9.16. The summed E-state index contributed by atoms with van der Waals surface area (Å²) in [4.78, 5) is 52.2. The number of amides is 5. The lowest BCUT2D eigenvalue weighted by atomic mass is 9.91. The Morgan fingerprint density at radius 2 is 1.83 bits per heavy atom. The zero-order valence-corrected chi connectivity index (χ0v) is 18.9. The summed E-state index contributed by atoms with van der Waals surface area (Å²) >= 11 is 0. The van der Waals surface area contributed by atoms with E-state index in [9.17, 15) is 28.0 Å². The molecule has 0 spiro atoms. The number of ether oxygens (including phenoxy) is 1. The van der Waals surface area contributed by atoms with E-state index in [1.807, 2.05) is 0 Å². The first-order valence-corrected chi connectivity index (χ1v) is 10.8. The van der Waals surface area contributed by atoms with Gasteiger partial charge in [-0.15, -0.1) is 0 Å². The van der Waals surface area contributed by atoms with Crippen LogP contribution < -0.4 is 16.0 Å². The van der Waals surface area contributed by atoms with E-state index >= 15 is 0 Å². The number of carbonyl (C=O) groups excluding carboxylic acids is 4. The lowest BCUT2D eigenvalue weighted by Gasteiger charge is -2.30. The van der Waals surface area contributed by atoms with Gasteiger partial charge in [0, 0.05) is 5.56 Å². The molecule has 0 bridgehead atoms. The van der Waals surface area contributed by atoms with Gasteiger partial charge >= 0.3 is 18.0 Å². The molecule has 2 heterocycles. The van der Waals surface area contributed by atoms with E-state index in [1.165, 1.54) is 6.92 Å². The monoisotopic (exact) mass is 484 g/mol. The molecule has 35 heavy (non-hydrogen) atoms. The van der Waals surface area contributed by atoms with Crippen LogP contribution in [0.4, 0.5) is 18.4 Å². The number of benzene rings is 2. The highest BCUT2D eigenvalue weighted by molar-refractivity contribution is 6.07. The van der Waals surface area contributed by atoms with Gasteiger partial charge in [0.05, 0.1) is 30.5 Å². The second-order valence-corrected chi connectivity index (χ2v) is 8.13. The highest BCUT2D eigenvalue weighted by Crippen LogP contribution is 2.33. The van der Waals surface area contributed by atoms with Crippen molar-refractivity contribution in [1.29, 1.82) is 0 Å². The lowest BCUT2D eigenvalue weighted by Crippen LogP contribution is -2.49. The fourth-order valence-electron chi connectivity index (χ4n) is 4.15. The van der Waals surface area contributed by atoms with Crippen LogP contribution in [0.3, 0.4) is 0 Å². The summed E-state index contributed by atoms with van der Waals surface area (Å²) in [5.41, 5.74) is -1.71. The summed E-state index contributed by atoms with van der Waals surface area (Å²) in [6.45, 7) is 2.40. The summed E-state index contributed by atoms with van der Waals surface area (Å²) in [7, 11) is 0. The van der Waals surface area contributed by atoms with Crippen molar-refractivity contribution in [2.75, 3.05) is 13.2 Å². The van der Waals surface area contributed by atoms with Crippen LogP contribution >= 0.6 is 0 Å². The number of hydrogen-bond donors (Lipinski definition) is 3. The minimum Gasteiger partial charge on any atom is -0.463 e. The van der Waals surface area contributed by atoms with Crippen LogP contribution in [0, 0.1) is 11.6 Å². The van der Waals surface area contributed by atoms with Gasteiger partial charge in [-0.3, -0.25) is 9.69 Å². The summed E-state index contributed by atoms with van der Waals surface area (Å²) in [6, 6.07) is 8.72. The molecule has 0 aliphatic carbocycles. The molecular formula is C24H22F2N4O5. The van der Waals surface area contributed by atoms with Crippen LogP contribution in [-0.4, -0.2) is 42.0 Å². The Kier molecular flexibility index (Phi) is 6.25. The van der Waals surface area contributed by atoms with E-state index in [-0.39, 0.29) is 23.4 Å². The zero-order valence-electron chi connectivity index (χ0n) is 18.9. The van der Waals surface area contributed by atoms with E-state index in [4.69, 9.17) is 4.74 Å². The van der Waals surface area contributed by atoms with Crippen LogP contribution in [0.2, 0.25) is 0 Å². The quantitative estimate of drug-likeness (QED) is 0.431. The summed E-state index contributed by atoms with van der Waals surface area (Å²) in [6.07, 6.45) is 0. The molecule has 0 aromatic heterocycles. The molecule has 0 saturated carbocycles. The lowest BCUT2D eigenvalue weighted by molar-refractivity contribution is -0.139. The molecule has 2 aliphatic rings. The van der Waals surface area contributed by atoms with Crippen molar-refractivity contribution >= 4 is 23.9 Å². The first kappa shape index (κ1) is 23.9. The highest BCUT2D eigenvalue weighted by Gasteiger charge is 2.51. The third-order valence-corrected chi connectivity index (χ3v) is 5.84. The van der Waals surface area contributed by atoms with Gasteiger partial charge in [-0.05, 0) is 37.6 Å². The van der Waals surface area contributed by atoms with Crippen molar-refractivity contribution in [1.82, 2.24) is 20.9 Å². The molecule has 4 rings (SSSR count). The Morgan fingerprint density at radius 3 is 2.51 bits per heavy atom. The van der Waals surface area contributed by atoms with E-state index < -0.39 is 53.7 Å². The van der Waals surface area contributed by atoms with Gasteiger partial charge in [-0.1, -0.05) is 30.3 Å². The minimum atomic E-state index is -1.90. The Morgan fingerprint density at radius 1 is 1.11 bits per heavy atom. The first-order chi connectivity index (χ1) is 16.7. The predicted molar refractivity (Wildman–Crippen MR) is 118 cm³/mol. The zero-order chi connectivity index (χ0) is 25.3. The van der Waals surface area contributed by atoms with Gasteiger partial charge in [0.1, 0.15) is 17.2 Å². The van der Waals surface area contributed by atoms with Gasteiger partial charge in [0.2, 0.25) is 0 Å². The number of rotatable bonds is 6.